The number of nitriles is 1. The molecule has 0 aromatic heterocycles. The van der Waals surface area contributed by atoms with E-state index in [-0.39, 0.29) is 5.60 Å². The second kappa shape index (κ2) is 4.77. The van der Waals surface area contributed by atoms with Crippen LogP contribution in [0.5, 0.6) is 0 Å². The van der Waals surface area contributed by atoms with Crippen LogP contribution in [-0.4, -0.2) is 19.3 Å². The molecule has 0 heterocycles. The normalized spacial score (nSPS) is 17.0. The minimum Gasteiger partial charge on any atom is -0.381 e. The summed E-state index contributed by atoms with van der Waals surface area (Å²) in [7, 11) is 1.77. The van der Waals surface area contributed by atoms with Crippen molar-refractivity contribution in [3.63, 3.8) is 0 Å². The van der Waals surface area contributed by atoms with Crippen LogP contribution < -0.4 is 5.32 Å². The van der Waals surface area contributed by atoms with Crippen molar-refractivity contribution in [2.75, 3.05) is 19.0 Å². The molecule has 90 valence electrons. The van der Waals surface area contributed by atoms with Gasteiger partial charge in [0, 0.05) is 13.7 Å². The van der Waals surface area contributed by atoms with Crippen LogP contribution in [0.15, 0.2) is 18.2 Å². The molecule has 1 aliphatic carbocycles. The number of nitrogens with one attached hydrogen (secondary N) is 1. The molecular formula is C14H18N2O. The molecule has 0 bridgehead atoms. The molecule has 2 rings (SSSR count). The maximum absolute atomic E-state index is 9.08. The summed E-state index contributed by atoms with van der Waals surface area (Å²) in [6, 6.07) is 8.11. The third-order valence-electron chi connectivity index (χ3n) is 3.59. The summed E-state index contributed by atoms with van der Waals surface area (Å²) in [6.45, 7) is 2.77. The lowest BCUT2D eigenvalue weighted by Gasteiger charge is -2.40. The standard InChI is InChI=1S/C14H18N2O/c1-11-4-5-13(12(8-11)9-15)16-10-14(17-2)6-3-7-14/h4-5,8,16H,3,6-7,10H2,1-2H3. The number of nitrogens with zero attached hydrogens (tertiary/aromatic N) is 1. The van der Waals surface area contributed by atoms with E-state index in [0.717, 1.165) is 30.6 Å². The fourth-order valence-electron chi connectivity index (χ4n) is 2.19. The summed E-state index contributed by atoms with van der Waals surface area (Å²) in [4.78, 5) is 0. The molecule has 0 atom stereocenters. The van der Waals surface area contributed by atoms with Gasteiger partial charge in [0.05, 0.1) is 16.9 Å². The third kappa shape index (κ3) is 2.42. The Labute approximate surface area is 102 Å². The van der Waals surface area contributed by atoms with Crippen LogP contribution in [0.25, 0.3) is 0 Å². The zero-order valence-electron chi connectivity index (χ0n) is 10.4. The SMILES string of the molecule is COC1(CNc2ccc(C)cc2C#N)CCC1. The first-order valence-electron chi connectivity index (χ1n) is 5.99. The van der Waals surface area contributed by atoms with Crippen LogP contribution in [-0.2, 0) is 4.74 Å². The molecule has 1 aromatic rings. The van der Waals surface area contributed by atoms with Crippen LogP contribution in [0.1, 0.15) is 30.4 Å². The van der Waals surface area contributed by atoms with Gasteiger partial charge in [-0.1, -0.05) is 6.07 Å². The molecule has 3 nitrogen and oxygen atoms in total. The number of aryl methyl sites for hydroxylation is 1. The lowest BCUT2D eigenvalue weighted by Crippen LogP contribution is -2.45. The van der Waals surface area contributed by atoms with Crippen molar-refractivity contribution in [3.05, 3.63) is 29.3 Å². The molecule has 0 aliphatic heterocycles. The summed E-state index contributed by atoms with van der Waals surface area (Å²) in [6.07, 6.45) is 3.43. The van der Waals surface area contributed by atoms with Gasteiger partial charge in [0.2, 0.25) is 0 Å². The third-order valence-corrected chi connectivity index (χ3v) is 3.59. The van der Waals surface area contributed by atoms with Crippen molar-refractivity contribution in [3.8, 4) is 6.07 Å². The van der Waals surface area contributed by atoms with Gasteiger partial charge in [-0.25, -0.2) is 0 Å². The molecule has 17 heavy (non-hydrogen) atoms. The molecule has 1 fully saturated rings. The van der Waals surface area contributed by atoms with E-state index in [4.69, 9.17) is 10.00 Å². The Kier molecular flexibility index (Phi) is 3.35. The lowest BCUT2D eigenvalue weighted by molar-refractivity contribution is -0.0601. The zero-order chi connectivity index (χ0) is 12.3. The van der Waals surface area contributed by atoms with Crippen molar-refractivity contribution in [1.29, 1.82) is 5.26 Å². The van der Waals surface area contributed by atoms with E-state index in [1.165, 1.54) is 6.42 Å². The van der Waals surface area contributed by atoms with Crippen LogP contribution in [0.2, 0.25) is 0 Å². The predicted molar refractivity (Wildman–Crippen MR) is 68.0 cm³/mol. The first-order valence-corrected chi connectivity index (χ1v) is 5.99. The molecule has 0 radical (unpaired) electrons. The molecular weight excluding hydrogens is 212 g/mol. The van der Waals surface area contributed by atoms with Crippen molar-refractivity contribution >= 4 is 5.69 Å². The van der Waals surface area contributed by atoms with E-state index in [1.807, 2.05) is 25.1 Å². The van der Waals surface area contributed by atoms with Crippen molar-refractivity contribution in [1.82, 2.24) is 0 Å². The van der Waals surface area contributed by atoms with Gasteiger partial charge in [0.1, 0.15) is 6.07 Å². The molecule has 0 spiro atoms. The van der Waals surface area contributed by atoms with Crippen LogP contribution >= 0.6 is 0 Å². The summed E-state index contributed by atoms with van der Waals surface area (Å²) < 4.78 is 5.55. The Morgan fingerprint density at radius 1 is 1.47 bits per heavy atom. The van der Waals surface area contributed by atoms with Crippen molar-refractivity contribution in [2.24, 2.45) is 0 Å². The molecule has 0 unspecified atom stereocenters. The van der Waals surface area contributed by atoms with Crippen LogP contribution in [0, 0.1) is 18.3 Å². The first kappa shape index (κ1) is 11.9. The van der Waals surface area contributed by atoms with E-state index in [2.05, 4.69) is 11.4 Å². The van der Waals surface area contributed by atoms with Crippen molar-refractivity contribution in [2.45, 2.75) is 31.8 Å². The van der Waals surface area contributed by atoms with Gasteiger partial charge < -0.3 is 10.1 Å². The topological polar surface area (TPSA) is 45.0 Å². The molecule has 1 saturated carbocycles. The molecule has 1 aliphatic rings. The van der Waals surface area contributed by atoms with E-state index in [1.54, 1.807) is 7.11 Å². The van der Waals surface area contributed by atoms with Crippen molar-refractivity contribution < 1.29 is 4.74 Å². The summed E-state index contributed by atoms with van der Waals surface area (Å²) in [5, 5.41) is 12.4. The Balaban J connectivity index is 2.06. The van der Waals surface area contributed by atoms with E-state index in [0.29, 0.717) is 5.56 Å². The Bertz CT molecular complexity index is 439. The Morgan fingerprint density at radius 3 is 2.76 bits per heavy atom. The largest absolute Gasteiger partial charge is 0.381 e. The predicted octanol–water partition coefficient (Wildman–Crippen LogP) is 2.85. The highest BCUT2D eigenvalue weighted by Crippen LogP contribution is 2.35. The fourth-order valence-corrected chi connectivity index (χ4v) is 2.19. The Morgan fingerprint density at radius 2 is 2.24 bits per heavy atom. The van der Waals surface area contributed by atoms with Gasteiger partial charge in [-0.15, -0.1) is 0 Å². The maximum Gasteiger partial charge on any atom is 0.101 e. The fraction of sp³-hybridized carbons (Fsp3) is 0.500. The number of hydrogen-bond acceptors (Lipinski definition) is 3. The second-order valence-electron chi connectivity index (χ2n) is 4.76. The minimum atomic E-state index is -0.0163. The highest BCUT2D eigenvalue weighted by atomic mass is 16.5. The summed E-state index contributed by atoms with van der Waals surface area (Å²) in [5.41, 5.74) is 2.70. The van der Waals surface area contributed by atoms with Crippen LogP contribution in [0.4, 0.5) is 5.69 Å². The zero-order valence-corrected chi connectivity index (χ0v) is 10.4. The number of benzene rings is 1. The maximum atomic E-state index is 9.08. The molecule has 1 N–H and O–H groups in total. The number of methoxy groups -OCH3 is 1. The van der Waals surface area contributed by atoms with Gasteiger partial charge >= 0.3 is 0 Å². The van der Waals surface area contributed by atoms with Gasteiger partial charge in [-0.2, -0.15) is 5.26 Å². The second-order valence-corrected chi connectivity index (χ2v) is 4.76. The average Bonchev–Trinajstić information content (AvgIpc) is 2.29. The number of ether oxygens (including phenoxy) is 1. The lowest BCUT2D eigenvalue weighted by atomic mass is 9.80. The molecule has 1 aromatic carbocycles. The minimum absolute atomic E-state index is 0.0163. The highest BCUT2D eigenvalue weighted by Gasteiger charge is 2.36. The van der Waals surface area contributed by atoms with E-state index in [9.17, 15) is 0 Å². The first-order chi connectivity index (χ1) is 8.19. The highest BCUT2D eigenvalue weighted by molar-refractivity contribution is 5.58. The number of rotatable bonds is 4. The van der Waals surface area contributed by atoms with E-state index < -0.39 is 0 Å². The quantitative estimate of drug-likeness (QED) is 0.865. The van der Waals surface area contributed by atoms with Gasteiger partial charge in [-0.05, 0) is 43.9 Å². The smallest absolute Gasteiger partial charge is 0.101 e. The van der Waals surface area contributed by atoms with Gasteiger partial charge in [0.25, 0.3) is 0 Å². The average molecular weight is 230 g/mol. The number of hydrogen-bond donors (Lipinski definition) is 1. The summed E-state index contributed by atoms with van der Waals surface area (Å²) in [5.74, 6) is 0. The molecule has 0 saturated heterocycles. The van der Waals surface area contributed by atoms with Gasteiger partial charge in [-0.3, -0.25) is 0 Å². The Hall–Kier alpha value is -1.53. The monoisotopic (exact) mass is 230 g/mol. The summed E-state index contributed by atoms with van der Waals surface area (Å²) >= 11 is 0. The van der Waals surface area contributed by atoms with Gasteiger partial charge in [0.15, 0.2) is 0 Å². The van der Waals surface area contributed by atoms with E-state index >= 15 is 0 Å². The number of anilines is 1. The molecule has 0 amide bonds. The molecule has 3 heteroatoms. The van der Waals surface area contributed by atoms with Crippen LogP contribution in [0.3, 0.4) is 0 Å².